The molecule has 1 saturated heterocycles. The van der Waals surface area contributed by atoms with Gasteiger partial charge in [0.2, 0.25) is 0 Å². The molecular weight excluding hydrogens is 292 g/mol. The van der Waals surface area contributed by atoms with Gasteiger partial charge in [0.1, 0.15) is 0 Å². The summed E-state index contributed by atoms with van der Waals surface area (Å²) in [6.45, 7) is 8.80. The number of imidazole rings is 1. The van der Waals surface area contributed by atoms with Gasteiger partial charge in [-0.05, 0) is 31.3 Å². The first kappa shape index (κ1) is 15.3. The van der Waals surface area contributed by atoms with Crippen LogP contribution in [0.2, 0.25) is 0 Å². The van der Waals surface area contributed by atoms with Crippen LogP contribution in [0.25, 0.3) is 11.0 Å². The van der Waals surface area contributed by atoms with Crippen molar-refractivity contribution >= 4 is 23.3 Å². The molecule has 3 rings (SSSR count). The summed E-state index contributed by atoms with van der Waals surface area (Å²) in [5.41, 5.74) is 2.45. The van der Waals surface area contributed by atoms with Gasteiger partial charge in [-0.1, -0.05) is 18.1 Å². The number of hydrogen-bond donors (Lipinski definition) is 0. The summed E-state index contributed by atoms with van der Waals surface area (Å²) in [5, 5.41) is 0. The van der Waals surface area contributed by atoms with E-state index in [0.29, 0.717) is 0 Å². The highest BCUT2D eigenvalue weighted by Crippen LogP contribution is 2.19. The SMILES string of the molecule is C#CCN1CCN(Cn2c(=S)n(CC)c3ccccc32)CC1. The Hall–Kier alpha value is -1.61. The molecule has 2 aromatic rings. The van der Waals surface area contributed by atoms with Crippen molar-refractivity contribution < 1.29 is 0 Å². The molecule has 0 spiro atoms. The molecule has 0 unspecified atom stereocenters. The smallest absolute Gasteiger partial charge is 0.181 e. The van der Waals surface area contributed by atoms with Gasteiger partial charge in [0.15, 0.2) is 4.77 Å². The molecule has 1 aromatic carbocycles. The average molecular weight is 314 g/mol. The normalized spacial score (nSPS) is 16.9. The molecule has 0 saturated carbocycles. The molecule has 0 N–H and O–H groups in total. The number of rotatable bonds is 4. The summed E-state index contributed by atoms with van der Waals surface area (Å²) in [6, 6.07) is 8.46. The van der Waals surface area contributed by atoms with E-state index in [9.17, 15) is 0 Å². The Morgan fingerprint density at radius 3 is 2.23 bits per heavy atom. The lowest BCUT2D eigenvalue weighted by atomic mass is 10.3. The lowest BCUT2D eigenvalue weighted by Crippen LogP contribution is -2.46. The van der Waals surface area contributed by atoms with Crippen LogP contribution in [-0.2, 0) is 13.2 Å². The van der Waals surface area contributed by atoms with E-state index in [-0.39, 0.29) is 0 Å². The zero-order valence-electron chi connectivity index (χ0n) is 13.0. The molecule has 1 aliphatic rings. The number of terminal acetylenes is 1. The molecular formula is C17H22N4S. The van der Waals surface area contributed by atoms with Crippen LogP contribution in [0.5, 0.6) is 0 Å². The van der Waals surface area contributed by atoms with Gasteiger partial charge in [-0.2, -0.15) is 0 Å². The van der Waals surface area contributed by atoms with Crippen molar-refractivity contribution in [2.24, 2.45) is 0 Å². The van der Waals surface area contributed by atoms with Gasteiger partial charge in [0, 0.05) is 32.7 Å². The van der Waals surface area contributed by atoms with Crippen LogP contribution in [0.3, 0.4) is 0 Å². The highest BCUT2D eigenvalue weighted by molar-refractivity contribution is 7.71. The fraction of sp³-hybridized carbons (Fsp3) is 0.471. The molecule has 0 bridgehead atoms. The summed E-state index contributed by atoms with van der Waals surface area (Å²) in [4.78, 5) is 4.78. The third-order valence-electron chi connectivity index (χ3n) is 4.36. The highest BCUT2D eigenvalue weighted by atomic mass is 32.1. The van der Waals surface area contributed by atoms with Crippen molar-refractivity contribution in [3.8, 4) is 12.3 Å². The third-order valence-corrected chi connectivity index (χ3v) is 4.80. The second-order valence-corrected chi connectivity index (χ2v) is 6.05. The van der Waals surface area contributed by atoms with E-state index >= 15 is 0 Å². The van der Waals surface area contributed by atoms with Gasteiger partial charge in [0.05, 0.1) is 24.2 Å². The van der Waals surface area contributed by atoms with Crippen molar-refractivity contribution in [2.45, 2.75) is 20.1 Å². The monoisotopic (exact) mass is 314 g/mol. The molecule has 2 heterocycles. The maximum absolute atomic E-state index is 5.69. The summed E-state index contributed by atoms with van der Waals surface area (Å²) < 4.78 is 5.37. The van der Waals surface area contributed by atoms with Crippen LogP contribution in [-0.4, -0.2) is 51.7 Å². The zero-order valence-corrected chi connectivity index (χ0v) is 13.9. The predicted molar refractivity (Wildman–Crippen MR) is 93.3 cm³/mol. The third kappa shape index (κ3) is 2.82. The van der Waals surface area contributed by atoms with E-state index in [1.807, 2.05) is 0 Å². The van der Waals surface area contributed by atoms with Crippen LogP contribution >= 0.6 is 12.2 Å². The lowest BCUT2D eigenvalue weighted by Gasteiger charge is -2.33. The van der Waals surface area contributed by atoms with Crippen molar-refractivity contribution in [1.82, 2.24) is 18.9 Å². The second kappa shape index (κ2) is 6.66. The minimum absolute atomic E-state index is 0.752. The number of benzene rings is 1. The second-order valence-electron chi connectivity index (χ2n) is 5.68. The van der Waals surface area contributed by atoms with Gasteiger partial charge in [-0.15, -0.1) is 6.42 Å². The van der Waals surface area contributed by atoms with Gasteiger partial charge < -0.3 is 9.13 Å². The first-order chi connectivity index (χ1) is 10.7. The quantitative estimate of drug-likeness (QED) is 0.637. The number of aromatic nitrogens is 2. The summed E-state index contributed by atoms with van der Waals surface area (Å²) in [7, 11) is 0. The number of nitrogens with zero attached hydrogens (tertiary/aromatic N) is 4. The highest BCUT2D eigenvalue weighted by Gasteiger charge is 2.18. The van der Waals surface area contributed by atoms with Crippen molar-refractivity contribution in [3.63, 3.8) is 0 Å². The van der Waals surface area contributed by atoms with Crippen LogP contribution < -0.4 is 0 Å². The van der Waals surface area contributed by atoms with E-state index < -0.39 is 0 Å². The fourth-order valence-corrected chi connectivity index (χ4v) is 3.52. The maximum Gasteiger partial charge on any atom is 0.181 e. The fourth-order valence-electron chi connectivity index (χ4n) is 3.13. The van der Waals surface area contributed by atoms with Crippen LogP contribution in [0.15, 0.2) is 24.3 Å². The molecule has 1 aromatic heterocycles. The van der Waals surface area contributed by atoms with E-state index in [0.717, 1.165) is 50.7 Å². The molecule has 0 atom stereocenters. The Labute approximate surface area is 136 Å². The first-order valence-corrected chi connectivity index (χ1v) is 8.21. The summed E-state index contributed by atoms with van der Waals surface area (Å²) in [5.74, 6) is 2.73. The van der Waals surface area contributed by atoms with E-state index in [4.69, 9.17) is 18.6 Å². The van der Waals surface area contributed by atoms with Crippen molar-refractivity contribution in [1.29, 1.82) is 0 Å². The minimum Gasteiger partial charge on any atom is -0.317 e. The Bertz CT molecular complexity index is 744. The maximum atomic E-state index is 5.69. The Kier molecular flexibility index (Phi) is 4.63. The molecule has 0 aliphatic carbocycles. The molecule has 4 nitrogen and oxygen atoms in total. The zero-order chi connectivity index (χ0) is 15.5. The first-order valence-electron chi connectivity index (χ1n) is 7.81. The van der Waals surface area contributed by atoms with Gasteiger partial charge in [-0.25, -0.2) is 0 Å². The molecule has 1 aliphatic heterocycles. The Morgan fingerprint density at radius 1 is 1.05 bits per heavy atom. The molecule has 5 heteroatoms. The minimum atomic E-state index is 0.752. The largest absolute Gasteiger partial charge is 0.317 e. The van der Waals surface area contributed by atoms with E-state index in [1.54, 1.807) is 0 Å². The van der Waals surface area contributed by atoms with Crippen molar-refractivity contribution in [3.05, 3.63) is 29.0 Å². The van der Waals surface area contributed by atoms with Gasteiger partial charge in [0.25, 0.3) is 0 Å². The van der Waals surface area contributed by atoms with Crippen molar-refractivity contribution in [2.75, 3.05) is 32.7 Å². The van der Waals surface area contributed by atoms with E-state index in [2.05, 4.69) is 56.0 Å². The molecule has 1 fully saturated rings. The Balaban J connectivity index is 1.82. The summed E-state index contributed by atoms with van der Waals surface area (Å²) >= 11 is 5.69. The predicted octanol–water partition coefficient (Wildman–Crippen LogP) is 2.40. The molecule has 0 radical (unpaired) electrons. The summed E-state index contributed by atoms with van der Waals surface area (Å²) in [6.07, 6.45) is 5.39. The number of piperazine rings is 1. The number of hydrogen-bond acceptors (Lipinski definition) is 3. The van der Waals surface area contributed by atoms with E-state index in [1.165, 1.54) is 11.0 Å². The van der Waals surface area contributed by atoms with Gasteiger partial charge >= 0.3 is 0 Å². The number of fused-ring (bicyclic) bond motifs is 1. The molecule has 22 heavy (non-hydrogen) atoms. The molecule has 116 valence electrons. The molecule has 0 amide bonds. The number of para-hydroxylation sites is 2. The lowest BCUT2D eigenvalue weighted by molar-refractivity contribution is 0.117. The van der Waals surface area contributed by atoms with Crippen LogP contribution in [0.4, 0.5) is 0 Å². The van der Waals surface area contributed by atoms with Crippen LogP contribution in [0.1, 0.15) is 6.92 Å². The van der Waals surface area contributed by atoms with Crippen LogP contribution in [0, 0.1) is 17.1 Å². The average Bonchev–Trinajstić information content (AvgIpc) is 2.81. The Morgan fingerprint density at radius 2 is 1.64 bits per heavy atom. The number of aryl methyl sites for hydroxylation is 1. The standard InChI is InChI=1S/C17H22N4S/c1-3-9-18-10-12-19(13-11-18)14-21-16-8-6-5-7-15(16)20(4-2)17(21)22/h1,5-8H,4,9-14H2,2H3. The topological polar surface area (TPSA) is 16.3 Å². The van der Waals surface area contributed by atoms with Gasteiger partial charge in [-0.3, -0.25) is 9.80 Å².